The Bertz CT molecular complexity index is 454. The zero-order valence-corrected chi connectivity index (χ0v) is 13.6. The zero-order chi connectivity index (χ0) is 15.2. The first-order chi connectivity index (χ1) is 10.0. The molecule has 0 radical (unpaired) electrons. The van der Waals surface area contributed by atoms with Gasteiger partial charge in [0.1, 0.15) is 18.5 Å². The van der Waals surface area contributed by atoms with Crippen LogP contribution in [0.3, 0.4) is 0 Å². The van der Waals surface area contributed by atoms with Crippen LogP contribution < -0.4 is 10.2 Å². The maximum Gasteiger partial charge on any atom is 0.139 e. The quantitative estimate of drug-likeness (QED) is 0.825. The van der Waals surface area contributed by atoms with Gasteiger partial charge in [0.2, 0.25) is 0 Å². The smallest absolute Gasteiger partial charge is 0.139 e. The van der Waals surface area contributed by atoms with Crippen LogP contribution in [0.2, 0.25) is 10.0 Å². The van der Waals surface area contributed by atoms with E-state index < -0.39 is 6.10 Å². The van der Waals surface area contributed by atoms with Gasteiger partial charge in [-0.05, 0) is 19.2 Å². The van der Waals surface area contributed by atoms with Crippen molar-refractivity contribution < 1.29 is 9.84 Å². The van der Waals surface area contributed by atoms with Crippen LogP contribution in [0.4, 0.5) is 0 Å². The number of nitrogens with zero attached hydrogens (tertiary/aromatic N) is 2. The molecule has 1 aromatic rings. The maximum atomic E-state index is 9.95. The normalized spacial score (nSPS) is 18.7. The van der Waals surface area contributed by atoms with Crippen molar-refractivity contribution in [2.24, 2.45) is 0 Å². The predicted molar refractivity (Wildman–Crippen MR) is 85.0 cm³/mol. The van der Waals surface area contributed by atoms with Crippen molar-refractivity contribution in [3.63, 3.8) is 0 Å². The van der Waals surface area contributed by atoms with Gasteiger partial charge in [-0.25, -0.2) is 5.01 Å². The summed E-state index contributed by atoms with van der Waals surface area (Å²) in [6.45, 7) is 4.56. The van der Waals surface area contributed by atoms with E-state index in [-0.39, 0.29) is 6.61 Å². The van der Waals surface area contributed by atoms with E-state index >= 15 is 0 Å². The van der Waals surface area contributed by atoms with Crippen LogP contribution >= 0.6 is 23.2 Å². The Morgan fingerprint density at radius 3 is 2.71 bits per heavy atom. The van der Waals surface area contributed by atoms with E-state index in [1.54, 1.807) is 18.2 Å². The van der Waals surface area contributed by atoms with Gasteiger partial charge in [0.05, 0.1) is 5.02 Å². The fraction of sp³-hybridized carbons (Fsp3) is 0.571. The Balaban J connectivity index is 1.70. The number of hydrogen-bond donors (Lipinski definition) is 2. The van der Waals surface area contributed by atoms with Crippen molar-refractivity contribution >= 4 is 23.2 Å². The molecule has 0 saturated carbocycles. The van der Waals surface area contributed by atoms with Gasteiger partial charge < -0.3 is 14.7 Å². The first-order valence-electron chi connectivity index (χ1n) is 6.97. The first-order valence-corrected chi connectivity index (χ1v) is 7.73. The molecule has 0 bridgehead atoms. The highest BCUT2D eigenvalue weighted by molar-refractivity contribution is 6.34. The largest absolute Gasteiger partial charge is 0.489 e. The SMILES string of the molecule is CN1CCN(NCC(O)COc2cc(Cl)ccc2Cl)CC1. The fourth-order valence-electron chi connectivity index (χ4n) is 2.03. The second-order valence-electron chi connectivity index (χ2n) is 5.19. The van der Waals surface area contributed by atoms with Gasteiger partial charge in [0.25, 0.3) is 0 Å². The Hall–Kier alpha value is -0.560. The Labute approximate surface area is 135 Å². The van der Waals surface area contributed by atoms with Crippen molar-refractivity contribution in [2.75, 3.05) is 46.4 Å². The minimum Gasteiger partial charge on any atom is -0.489 e. The topological polar surface area (TPSA) is 48.0 Å². The number of aliphatic hydroxyl groups is 1. The average molecular weight is 334 g/mol. The molecular weight excluding hydrogens is 313 g/mol. The molecule has 1 aliphatic rings. The molecule has 2 N–H and O–H groups in total. The standard InChI is InChI=1S/C14H21Cl2N3O2/c1-18-4-6-19(7-5-18)17-9-12(20)10-21-14-8-11(15)2-3-13(14)16/h2-3,8,12,17,20H,4-7,9-10H2,1H3. The molecular formula is C14H21Cl2N3O2. The summed E-state index contributed by atoms with van der Waals surface area (Å²) in [5, 5.41) is 13.1. The van der Waals surface area contributed by atoms with Crippen LogP contribution in [0.1, 0.15) is 0 Å². The summed E-state index contributed by atoms with van der Waals surface area (Å²) in [4.78, 5) is 2.28. The summed E-state index contributed by atoms with van der Waals surface area (Å²) in [5.41, 5.74) is 3.22. The van der Waals surface area contributed by atoms with Crippen molar-refractivity contribution in [2.45, 2.75) is 6.10 Å². The van der Waals surface area contributed by atoms with Crippen molar-refractivity contribution in [1.29, 1.82) is 0 Å². The highest BCUT2D eigenvalue weighted by Gasteiger charge is 2.15. The Morgan fingerprint density at radius 1 is 1.29 bits per heavy atom. The van der Waals surface area contributed by atoms with Gasteiger partial charge in [-0.2, -0.15) is 0 Å². The number of halogens is 2. The van der Waals surface area contributed by atoms with E-state index in [0.29, 0.717) is 22.3 Å². The van der Waals surface area contributed by atoms with E-state index in [0.717, 1.165) is 26.2 Å². The lowest BCUT2D eigenvalue weighted by Crippen LogP contribution is -2.52. The highest BCUT2D eigenvalue weighted by atomic mass is 35.5. The number of piperazine rings is 1. The third-order valence-electron chi connectivity index (χ3n) is 3.38. The van der Waals surface area contributed by atoms with Crippen molar-refractivity contribution in [1.82, 2.24) is 15.3 Å². The minimum atomic E-state index is -0.611. The van der Waals surface area contributed by atoms with Gasteiger partial charge in [-0.15, -0.1) is 0 Å². The molecule has 7 heteroatoms. The highest BCUT2D eigenvalue weighted by Crippen LogP contribution is 2.27. The molecule has 5 nitrogen and oxygen atoms in total. The van der Waals surface area contributed by atoms with Crippen LogP contribution in [0.5, 0.6) is 5.75 Å². The molecule has 118 valence electrons. The monoisotopic (exact) mass is 333 g/mol. The molecule has 0 aliphatic carbocycles. The minimum absolute atomic E-state index is 0.167. The van der Waals surface area contributed by atoms with Gasteiger partial charge in [-0.1, -0.05) is 23.2 Å². The molecule has 1 unspecified atom stereocenters. The number of hydrogen-bond acceptors (Lipinski definition) is 5. The lowest BCUT2D eigenvalue weighted by Gasteiger charge is -2.33. The summed E-state index contributed by atoms with van der Waals surface area (Å²) in [5.74, 6) is 0.489. The second kappa shape index (κ2) is 8.17. The van der Waals surface area contributed by atoms with Gasteiger partial charge >= 0.3 is 0 Å². The van der Waals surface area contributed by atoms with Gasteiger partial charge in [-0.3, -0.25) is 5.43 Å². The molecule has 2 rings (SSSR count). The maximum absolute atomic E-state index is 9.95. The summed E-state index contributed by atoms with van der Waals surface area (Å²) in [6.07, 6.45) is -0.611. The van der Waals surface area contributed by atoms with Gasteiger partial charge in [0.15, 0.2) is 0 Å². The van der Waals surface area contributed by atoms with E-state index in [9.17, 15) is 5.11 Å². The lowest BCUT2D eigenvalue weighted by atomic mass is 10.3. The molecule has 1 atom stereocenters. The van der Waals surface area contributed by atoms with Crippen LogP contribution in [0.25, 0.3) is 0 Å². The molecule has 21 heavy (non-hydrogen) atoms. The van der Waals surface area contributed by atoms with Crippen LogP contribution in [-0.2, 0) is 0 Å². The van der Waals surface area contributed by atoms with Crippen LogP contribution in [-0.4, -0.2) is 67.5 Å². The third-order valence-corrected chi connectivity index (χ3v) is 3.93. The first kappa shape index (κ1) is 16.8. The molecule has 1 aliphatic heterocycles. The fourth-order valence-corrected chi connectivity index (χ4v) is 2.37. The van der Waals surface area contributed by atoms with E-state index in [1.807, 2.05) is 0 Å². The number of benzene rings is 1. The molecule has 0 spiro atoms. The number of likely N-dealkylation sites (N-methyl/N-ethyl adjacent to an activating group) is 1. The van der Waals surface area contributed by atoms with Crippen molar-refractivity contribution in [3.05, 3.63) is 28.2 Å². The third kappa shape index (κ3) is 5.62. The van der Waals surface area contributed by atoms with Crippen molar-refractivity contribution in [3.8, 4) is 5.75 Å². The Kier molecular flexibility index (Phi) is 6.54. The summed E-state index contributed by atoms with van der Waals surface area (Å²) < 4.78 is 5.50. The summed E-state index contributed by atoms with van der Waals surface area (Å²) >= 11 is 11.9. The Morgan fingerprint density at radius 2 is 2.00 bits per heavy atom. The second-order valence-corrected chi connectivity index (χ2v) is 6.04. The van der Waals surface area contributed by atoms with Crippen LogP contribution in [0, 0.1) is 0 Å². The van der Waals surface area contributed by atoms with E-state index in [4.69, 9.17) is 27.9 Å². The molecule has 0 amide bonds. The van der Waals surface area contributed by atoms with E-state index in [1.165, 1.54) is 0 Å². The van der Waals surface area contributed by atoms with E-state index in [2.05, 4.69) is 22.4 Å². The molecule has 1 fully saturated rings. The predicted octanol–water partition coefficient (Wildman–Crippen LogP) is 1.49. The number of aliphatic hydroxyl groups excluding tert-OH is 1. The summed E-state index contributed by atoms with van der Waals surface area (Å²) in [6, 6.07) is 5.01. The number of ether oxygens (including phenoxy) is 1. The number of hydrazine groups is 1. The molecule has 1 aromatic carbocycles. The summed E-state index contributed by atoms with van der Waals surface area (Å²) in [7, 11) is 2.11. The molecule has 1 heterocycles. The zero-order valence-electron chi connectivity index (χ0n) is 12.1. The average Bonchev–Trinajstić information content (AvgIpc) is 2.47. The number of rotatable bonds is 6. The molecule has 1 saturated heterocycles. The molecule has 0 aromatic heterocycles. The van der Waals surface area contributed by atoms with Crippen LogP contribution in [0.15, 0.2) is 18.2 Å². The lowest BCUT2D eigenvalue weighted by molar-refractivity contribution is 0.0549. The van der Waals surface area contributed by atoms with Gasteiger partial charge in [0, 0.05) is 43.8 Å². The number of nitrogens with one attached hydrogen (secondary N) is 1.